The fourth-order valence-electron chi connectivity index (χ4n) is 3.70. The molecule has 0 spiro atoms. The predicted octanol–water partition coefficient (Wildman–Crippen LogP) is 4.11. The minimum absolute atomic E-state index is 0.139. The van der Waals surface area contributed by atoms with Crippen LogP contribution in [0.2, 0.25) is 5.31 Å². The van der Waals surface area contributed by atoms with Crippen molar-refractivity contribution in [3.63, 3.8) is 0 Å². The second-order valence-electron chi connectivity index (χ2n) is 9.88. The molecule has 0 saturated heterocycles. The summed E-state index contributed by atoms with van der Waals surface area (Å²) in [6.45, 7) is 14.5. The lowest BCUT2D eigenvalue weighted by atomic mass is 9.60. The Hall–Kier alpha value is -1.79. The fraction of sp³-hybridized carbons (Fsp3) is 0.783. The summed E-state index contributed by atoms with van der Waals surface area (Å²) in [7, 11) is 6.15. The highest BCUT2D eigenvalue weighted by Crippen LogP contribution is 2.42. The molecule has 0 N–H and O–H groups in total. The molecule has 168 valence electrons. The number of carbonyl (C=O) groups is 1. The van der Waals surface area contributed by atoms with Crippen LogP contribution in [0.5, 0.6) is 0 Å². The van der Waals surface area contributed by atoms with Crippen LogP contribution in [0.3, 0.4) is 0 Å². The van der Waals surface area contributed by atoms with Crippen LogP contribution < -0.4 is 11.2 Å². The van der Waals surface area contributed by atoms with Crippen molar-refractivity contribution >= 4 is 13.8 Å². The van der Waals surface area contributed by atoms with Gasteiger partial charge in [-0.25, -0.2) is 4.79 Å². The summed E-state index contributed by atoms with van der Waals surface area (Å²) < 4.78 is 8.42. The Balaban J connectivity index is 2.44. The average molecular weight is 418 g/mol. The molecule has 0 fully saturated rings. The molecule has 0 saturated carbocycles. The maximum absolute atomic E-state index is 12.7. The fourth-order valence-corrected chi connectivity index (χ4v) is 3.70. The number of nitrogens with zero attached hydrogens (tertiary/aromatic N) is 2. The van der Waals surface area contributed by atoms with Gasteiger partial charge in [0, 0.05) is 24.8 Å². The summed E-state index contributed by atoms with van der Waals surface area (Å²) in [6, 6.07) is 1.28. The van der Waals surface area contributed by atoms with Gasteiger partial charge in [-0.1, -0.05) is 39.4 Å². The molecule has 7 heteroatoms. The number of esters is 1. The molecule has 30 heavy (non-hydrogen) atoms. The van der Waals surface area contributed by atoms with E-state index in [0.717, 1.165) is 25.7 Å². The molecule has 0 amide bonds. The maximum Gasteiger partial charge on any atom is 0.331 e. The van der Waals surface area contributed by atoms with Crippen LogP contribution >= 0.6 is 0 Å². The Morgan fingerprint density at radius 3 is 2.20 bits per heavy atom. The van der Waals surface area contributed by atoms with Crippen LogP contribution in [0.1, 0.15) is 86.6 Å². The molecular weight excluding hydrogens is 379 g/mol. The Labute approximate surface area is 182 Å². The minimum atomic E-state index is -0.598. The number of hydrogen-bond acceptors (Lipinski definition) is 4. The van der Waals surface area contributed by atoms with Gasteiger partial charge in [-0.2, -0.15) is 0 Å². The highest BCUT2D eigenvalue weighted by molar-refractivity contribution is 6.14. The van der Waals surface area contributed by atoms with Gasteiger partial charge in [0.15, 0.2) is 0 Å². The molecule has 1 heterocycles. The smallest absolute Gasteiger partial charge is 0.331 e. The van der Waals surface area contributed by atoms with Gasteiger partial charge in [0.25, 0.3) is 5.56 Å². The van der Waals surface area contributed by atoms with Crippen LogP contribution in [0, 0.1) is 11.3 Å². The van der Waals surface area contributed by atoms with Crippen LogP contribution in [-0.2, 0) is 16.1 Å². The van der Waals surface area contributed by atoms with Crippen molar-refractivity contribution in [2.24, 2.45) is 11.3 Å². The zero-order valence-electron chi connectivity index (χ0n) is 19.9. The van der Waals surface area contributed by atoms with Crippen molar-refractivity contribution in [3.8, 4) is 0 Å². The monoisotopic (exact) mass is 418 g/mol. The van der Waals surface area contributed by atoms with E-state index in [2.05, 4.69) is 0 Å². The number of aryl methyl sites for hydroxylation is 1. The second kappa shape index (κ2) is 11.0. The standard InChI is InChI=1S/C23H39BN2O4/c1-17(2)23(7,16-22(5,6)24)20(28)30-15-11-9-8-10-13-25-14-12-19(27)26(18(3)4)21(25)29/h12,14,17-18H,8-11,13,15-16H2,1-7H3. The highest BCUT2D eigenvalue weighted by atomic mass is 16.5. The Bertz CT molecular complexity index is 805. The molecule has 1 rings (SSSR count). The van der Waals surface area contributed by atoms with Crippen molar-refractivity contribution in [3.05, 3.63) is 33.1 Å². The number of rotatable bonds is 12. The van der Waals surface area contributed by atoms with Gasteiger partial charge in [-0.3, -0.25) is 14.2 Å². The third-order valence-electron chi connectivity index (χ3n) is 5.69. The molecular formula is C23H39BN2O4. The Morgan fingerprint density at radius 2 is 1.67 bits per heavy atom. The summed E-state index contributed by atoms with van der Waals surface area (Å²) in [6.07, 6.45) is 5.58. The molecule has 0 aliphatic heterocycles. The van der Waals surface area contributed by atoms with E-state index in [1.807, 2.05) is 48.5 Å². The van der Waals surface area contributed by atoms with Crippen molar-refractivity contribution in [2.45, 2.75) is 98.5 Å². The van der Waals surface area contributed by atoms with Gasteiger partial charge in [-0.15, -0.1) is 0 Å². The first-order valence-electron chi connectivity index (χ1n) is 11.1. The van der Waals surface area contributed by atoms with Crippen LogP contribution in [0.25, 0.3) is 0 Å². The summed E-state index contributed by atoms with van der Waals surface area (Å²) >= 11 is 0. The largest absolute Gasteiger partial charge is 0.465 e. The van der Waals surface area contributed by atoms with Gasteiger partial charge in [0.2, 0.25) is 0 Å². The number of unbranched alkanes of at least 4 members (excludes halogenated alkanes) is 3. The third kappa shape index (κ3) is 7.48. The summed E-state index contributed by atoms with van der Waals surface area (Å²) in [5.41, 5.74) is -1.12. The van der Waals surface area contributed by atoms with Gasteiger partial charge < -0.3 is 9.30 Å². The van der Waals surface area contributed by atoms with E-state index in [-0.39, 0.29) is 29.2 Å². The normalized spacial score (nSPS) is 14.2. The lowest BCUT2D eigenvalue weighted by Crippen LogP contribution is -2.40. The molecule has 1 unspecified atom stereocenters. The lowest BCUT2D eigenvalue weighted by Gasteiger charge is -2.37. The van der Waals surface area contributed by atoms with E-state index in [1.165, 1.54) is 10.6 Å². The summed E-state index contributed by atoms with van der Waals surface area (Å²) in [5.74, 6) is -0.0428. The van der Waals surface area contributed by atoms with E-state index >= 15 is 0 Å². The van der Waals surface area contributed by atoms with E-state index in [9.17, 15) is 14.4 Å². The number of aromatic nitrogens is 2. The molecule has 1 aromatic rings. The number of hydrogen-bond donors (Lipinski definition) is 0. The van der Waals surface area contributed by atoms with E-state index in [4.69, 9.17) is 12.6 Å². The van der Waals surface area contributed by atoms with Gasteiger partial charge in [0.05, 0.1) is 19.9 Å². The first-order chi connectivity index (χ1) is 13.8. The van der Waals surface area contributed by atoms with Crippen molar-refractivity contribution in [1.82, 2.24) is 9.13 Å². The van der Waals surface area contributed by atoms with Crippen LogP contribution in [0.15, 0.2) is 21.9 Å². The molecule has 2 radical (unpaired) electrons. The Kier molecular flexibility index (Phi) is 9.63. The predicted molar refractivity (Wildman–Crippen MR) is 122 cm³/mol. The molecule has 0 aliphatic carbocycles. The molecule has 0 aliphatic rings. The lowest BCUT2D eigenvalue weighted by molar-refractivity contribution is -0.159. The van der Waals surface area contributed by atoms with Crippen molar-refractivity contribution < 1.29 is 9.53 Å². The average Bonchev–Trinajstić information content (AvgIpc) is 2.60. The summed E-state index contributed by atoms with van der Waals surface area (Å²) in [5, 5.41) is -0.436. The van der Waals surface area contributed by atoms with Crippen molar-refractivity contribution in [1.29, 1.82) is 0 Å². The van der Waals surface area contributed by atoms with E-state index < -0.39 is 10.7 Å². The Morgan fingerprint density at radius 1 is 1.07 bits per heavy atom. The van der Waals surface area contributed by atoms with Gasteiger partial charge in [0.1, 0.15) is 0 Å². The third-order valence-corrected chi connectivity index (χ3v) is 5.69. The van der Waals surface area contributed by atoms with E-state index in [0.29, 0.717) is 19.6 Å². The first kappa shape index (κ1) is 26.3. The van der Waals surface area contributed by atoms with Gasteiger partial charge in [-0.05, 0) is 52.4 Å². The molecule has 1 aromatic heterocycles. The number of ether oxygens (including phenoxy) is 1. The highest BCUT2D eigenvalue weighted by Gasteiger charge is 2.40. The zero-order valence-corrected chi connectivity index (χ0v) is 19.9. The molecule has 0 bridgehead atoms. The maximum atomic E-state index is 12.7. The summed E-state index contributed by atoms with van der Waals surface area (Å²) in [4.78, 5) is 36.9. The van der Waals surface area contributed by atoms with E-state index in [1.54, 1.807) is 10.8 Å². The number of carbonyl (C=O) groups excluding carboxylic acids is 1. The topological polar surface area (TPSA) is 70.3 Å². The second-order valence-corrected chi connectivity index (χ2v) is 9.88. The molecule has 0 aromatic carbocycles. The first-order valence-corrected chi connectivity index (χ1v) is 11.1. The van der Waals surface area contributed by atoms with Crippen LogP contribution in [-0.4, -0.2) is 29.6 Å². The van der Waals surface area contributed by atoms with Crippen molar-refractivity contribution in [2.75, 3.05) is 6.61 Å². The van der Waals surface area contributed by atoms with Crippen LogP contribution in [0.4, 0.5) is 0 Å². The zero-order chi connectivity index (χ0) is 23.1. The molecule has 6 nitrogen and oxygen atoms in total. The van der Waals surface area contributed by atoms with Gasteiger partial charge >= 0.3 is 11.7 Å². The molecule has 1 atom stereocenters. The SMILES string of the molecule is [B]C(C)(C)CC(C)(C(=O)OCCCCCCn1ccc(=O)n(C(C)C)c1=O)C(C)C. The quantitative estimate of drug-likeness (QED) is 0.291. The minimum Gasteiger partial charge on any atom is -0.465 e.